The predicted octanol–water partition coefficient (Wildman–Crippen LogP) is 2.16. The van der Waals surface area contributed by atoms with Crippen LogP contribution in [0.3, 0.4) is 0 Å². The Balaban J connectivity index is 1.52. The lowest BCUT2D eigenvalue weighted by Crippen LogP contribution is -2.38. The third-order valence-electron chi connectivity index (χ3n) is 4.21. The van der Waals surface area contributed by atoms with E-state index in [4.69, 9.17) is 0 Å². The quantitative estimate of drug-likeness (QED) is 0.920. The summed E-state index contributed by atoms with van der Waals surface area (Å²) in [5, 5.41) is 6.89. The Labute approximate surface area is 129 Å². The summed E-state index contributed by atoms with van der Waals surface area (Å²) >= 11 is 0. The largest absolute Gasteiger partial charge is 0.434 e. The van der Waals surface area contributed by atoms with Crippen molar-refractivity contribution >= 4 is 5.91 Å². The van der Waals surface area contributed by atoms with E-state index in [1.165, 1.54) is 9.47 Å². The number of rotatable bonds is 2. The molecule has 1 fully saturated rings. The van der Waals surface area contributed by atoms with Crippen molar-refractivity contribution in [2.24, 2.45) is 0 Å². The number of nitrogens with zero attached hydrogens (tertiary/aromatic N) is 4. The summed E-state index contributed by atoms with van der Waals surface area (Å²) in [6.07, 6.45) is -1.29. The Kier molecular flexibility index (Phi) is 3.00. The normalized spacial score (nSPS) is 18.1. The first-order chi connectivity index (χ1) is 10.9. The number of carbonyl (C=O) groups is 1. The molecule has 9 heteroatoms. The number of imidazole rings is 1. The third kappa shape index (κ3) is 2.60. The van der Waals surface area contributed by atoms with Gasteiger partial charge in [-0.15, -0.1) is 0 Å². The Hall–Kier alpha value is -2.32. The zero-order valence-electron chi connectivity index (χ0n) is 12.1. The topological polar surface area (TPSA) is 66.8 Å². The number of amides is 1. The Morgan fingerprint density at radius 2 is 2.09 bits per heavy atom. The predicted molar refractivity (Wildman–Crippen MR) is 72.5 cm³/mol. The number of hydrogen-bond acceptors (Lipinski definition) is 3. The molecule has 2 aromatic rings. The summed E-state index contributed by atoms with van der Waals surface area (Å²) in [6.45, 7) is 0.690. The highest BCUT2D eigenvalue weighted by Gasteiger charge is 2.36. The lowest BCUT2D eigenvalue weighted by atomic mass is 10.2. The lowest BCUT2D eigenvalue weighted by Gasteiger charge is -2.26. The van der Waals surface area contributed by atoms with Crippen LogP contribution in [0.1, 0.15) is 46.5 Å². The molecule has 6 nitrogen and oxygen atoms in total. The van der Waals surface area contributed by atoms with Gasteiger partial charge in [-0.25, -0.2) is 4.98 Å². The van der Waals surface area contributed by atoms with E-state index in [0.717, 1.165) is 24.7 Å². The van der Waals surface area contributed by atoms with Crippen molar-refractivity contribution in [3.05, 3.63) is 35.2 Å². The maximum Gasteiger partial charge on any atom is 0.434 e. The minimum absolute atomic E-state index is 0.0561. The molecule has 1 aliphatic carbocycles. The van der Waals surface area contributed by atoms with Crippen LogP contribution in [0.5, 0.6) is 0 Å². The van der Waals surface area contributed by atoms with Crippen molar-refractivity contribution in [1.82, 2.24) is 24.6 Å². The number of hydrogen-bond donors (Lipinski definition) is 1. The highest BCUT2D eigenvalue weighted by atomic mass is 19.4. The van der Waals surface area contributed by atoms with Crippen molar-refractivity contribution in [3.63, 3.8) is 0 Å². The Morgan fingerprint density at radius 3 is 2.78 bits per heavy atom. The van der Waals surface area contributed by atoms with Gasteiger partial charge in [0.2, 0.25) is 0 Å². The first-order valence-electron chi connectivity index (χ1n) is 7.39. The SMILES string of the molecule is O=C(c1cc(C2CC2)[nH]n1)N1CCn2cc(C(F)(F)F)nc2C1. The fraction of sp³-hybridized carbons (Fsp3) is 0.500. The second-order valence-electron chi connectivity index (χ2n) is 5.94. The van der Waals surface area contributed by atoms with Gasteiger partial charge in [0.05, 0.1) is 6.54 Å². The fourth-order valence-electron chi connectivity index (χ4n) is 2.77. The molecule has 1 saturated carbocycles. The number of aromatic amines is 1. The molecular formula is C14H14F3N5O. The molecule has 1 amide bonds. The van der Waals surface area contributed by atoms with Gasteiger partial charge in [-0.3, -0.25) is 9.89 Å². The van der Waals surface area contributed by atoms with E-state index < -0.39 is 11.9 Å². The molecule has 3 heterocycles. The summed E-state index contributed by atoms with van der Waals surface area (Å²) in [5.74, 6) is 0.421. The van der Waals surface area contributed by atoms with E-state index in [-0.39, 0.29) is 18.3 Å². The molecule has 0 spiro atoms. The van der Waals surface area contributed by atoms with Gasteiger partial charge in [0.25, 0.3) is 5.91 Å². The van der Waals surface area contributed by atoms with E-state index >= 15 is 0 Å². The fourth-order valence-corrected chi connectivity index (χ4v) is 2.77. The molecule has 0 unspecified atom stereocenters. The standard InChI is InChI=1S/C14H14F3N5O/c15-14(16,17)11-6-21-3-4-22(7-12(21)18-11)13(23)10-5-9(19-20-10)8-1-2-8/h5-6,8H,1-4,7H2,(H,19,20). The zero-order valence-corrected chi connectivity index (χ0v) is 12.1. The lowest BCUT2D eigenvalue weighted by molar-refractivity contribution is -0.141. The summed E-state index contributed by atoms with van der Waals surface area (Å²) in [6, 6.07) is 1.74. The summed E-state index contributed by atoms with van der Waals surface area (Å²) in [4.78, 5) is 17.5. The summed E-state index contributed by atoms with van der Waals surface area (Å²) < 4.78 is 39.6. The number of carbonyl (C=O) groups excluding carboxylic acids is 1. The van der Waals surface area contributed by atoms with Crippen LogP contribution in [-0.2, 0) is 19.3 Å². The van der Waals surface area contributed by atoms with Crippen molar-refractivity contribution < 1.29 is 18.0 Å². The number of alkyl halides is 3. The van der Waals surface area contributed by atoms with Crippen molar-refractivity contribution in [3.8, 4) is 0 Å². The number of halogens is 3. The van der Waals surface area contributed by atoms with E-state index in [1.54, 1.807) is 6.07 Å². The van der Waals surface area contributed by atoms with E-state index in [0.29, 0.717) is 24.7 Å². The van der Waals surface area contributed by atoms with Crippen molar-refractivity contribution in [2.75, 3.05) is 6.54 Å². The number of nitrogens with one attached hydrogen (secondary N) is 1. The first kappa shape index (κ1) is 14.3. The van der Waals surface area contributed by atoms with Gasteiger partial charge >= 0.3 is 6.18 Å². The molecule has 4 rings (SSSR count). The van der Waals surface area contributed by atoms with Gasteiger partial charge in [-0.2, -0.15) is 18.3 Å². The number of fused-ring (bicyclic) bond motifs is 1. The Morgan fingerprint density at radius 1 is 1.30 bits per heavy atom. The van der Waals surface area contributed by atoms with Crippen LogP contribution in [0, 0.1) is 0 Å². The Bertz CT molecular complexity index is 759. The third-order valence-corrected chi connectivity index (χ3v) is 4.21. The van der Waals surface area contributed by atoms with Crippen LogP contribution in [-0.4, -0.2) is 37.1 Å². The molecule has 0 radical (unpaired) electrons. The second-order valence-corrected chi connectivity index (χ2v) is 5.94. The van der Waals surface area contributed by atoms with Gasteiger partial charge in [0, 0.05) is 30.9 Å². The molecule has 23 heavy (non-hydrogen) atoms. The van der Waals surface area contributed by atoms with Crippen LogP contribution in [0.25, 0.3) is 0 Å². The van der Waals surface area contributed by atoms with Crippen LogP contribution in [0.4, 0.5) is 13.2 Å². The highest BCUT2D eigenvalue weighted by molar-refractivity contribution is 5.92. The molecule has 0 aromatic carbocycles. The van der Waals surface area contributed by atoms with Gasteiger partial charge < -0.3 is 9.47 Å². The van der Waals surface area contributed by atoms with Crippen LogP contribution in [0.15, 0.2) is 12.3 Å². The van der Waals surface area contributed by atoms with Gasteiger partial charge in [-0.1, -0.05) is 0 Å². The summed E-state index contributed by atoms with van der Waals surface area (Å²) in [7, 11) is 0. The molecule has 2 aromatic heterocycles. The molecular weight excluding hydrogens is 311 g/mol. The second kappa shape index (κ2) is 4.84. The van der Waals surface area contributed by atoms with Gasteiger partial charge in [-0.05, 0) is 18.9 Å². The summed E-state index contributed by atoms with van der Waals surface area (Å²) in [5.41, 5.74) is 0.340. The van der Waals surface area contributed by atoms with E-state index in [2.05, 4.69) is 15.2 Å². The van der Waals surface area contributed by atoms with Crippen LogP contribution in [0.2, 0.25) is 0 Å². The molecule has 0 saturated heterocycles. The maximum absolute atomic E-state index is 12.7. The van der Waals surface area contributed by atoms with E-state index in [1.807, 2.05) is 0 Å². The highest BCUT2D eigenvalue weighted by Crippen LogP contribution is 2.39. The zero-order chi connectivity index (χ0) is 16.2. The monoisotopic (exact) mass is 325 g/mol. The van der Waals surface area contributed by atoms with Gasteiger partial charge in [0.1, 0.15) is 11.5 Å². The minimum atomic E-state index is -4.47. The van der Waals surface area contributed by atoms with E-state index in [9.17, 15) is 18.0 Å². The first-order valence-corrected chi connectivity index (χ1v) is 7.39. The molecule has 122 valence electrons. The molecule has 0 bridgehead atoms. The molecule has 2 aliphatic rings. The average molecular weight is 325 g/mol. The van der Waals surface area contributed by atoms with Crippen LogP contribution >= 0.6 is 0 Å². The van der Waals surface area contributed by atoms with Crippen LogP contribution < -0.4 is 0 Å². The molecule has 1 aliphatic heterocycles. The molecule has 0 atom stereocenters. The number of aromatic nitrogens is 4. The molecule has 1 N–H and O–H groups in total. The number of H-pyrrole nitrogens is 1. The van der Waals surface area contributed by atoms with Crippen molar-refractivity contribution in [2.45, 2.75) is 38.0 Å². The van der Waals surface area contributed by atoms with Gasteiger partial charge in [0.15, 0.2) is 5.69 Å². The maximum atomic E-state index is 12.7. The average Bonchev–Trinajstić information content (AvgIpc) is 3.08. The minimum Gasteiger partial charge on any atom is -0.331 e. The van der Waals surface area contributed by atoms with Crippen molar-refractivity contribution in [1.29, 1.82) is 0 Å². The smallest absolute Gasteiger partial charge is 0.331 e.